The Morgan fingerprint density at radius 2 is 1.67 bits per heavy atom. The molecule has 0 aromatic heterocycles. The molecule has 3 rings (SSSR count). The van der Waals surface area contributed by atoms with Gasteiger partial charge in [-0.2, -0.15) is 0 Å². The second-order valence-electron chi connectivity index (χ2n) is 5.84. The van der Waals surface area contributed by atoms with Crippen LogP contribution in [0.25, 0.3) is 0 Å². The van der Waals surface area contributed by atoms with E-state index in [9.17, 15) is 13.6 Å². The first-order valence-corrected chi connectivity index (χ1v) is 8.36. The number of urea groups is 1. The van der Waals surface area contributed by atoms with Crippen LogP contribution < -0.4 is 15.4 Å². The summed E-state index contributed by atoms with van der Waals surface area (Å²) in [6.07, 6.45) is 0. The maximum absolute atomic E-state index is 13.5. The molecule has 6 heteroatoms. The maximum Gasteiger partial charge on any atom is 0.319 e. The molecule has 0 unspecified atom stereocenters. The van der Waals surface area contributed by atoms with Gasteiger partial charge in [0, 0.05) is 17.8 Å². The van der Waals surface area contributed by atoms with E-state index >= 15 is 0 Å². The van der Waals surface area contributed by atoms with Gasteiger partial charge in [-0.15, -0.1) is 0 Å². The highest BCUT2D eigenvalue weighted by molar-refractivity contribution is 5.89. The Balaban J connectivity index is 1.48. The standard InChI is InChI=1S/C21H18F2N2O2/c22-17-6-11-20(23)16(12-17)13-24-21(26)25-18-7-9-19(10-8-18)27-14-15-4-2-1-3-5-15/h1-12H,13-14H2,(H2,24,25,26). The molecular formula is C21H18F2N2O2. The number of ether oxygens (including phenoxy) is 1. The highest BCUT2D eigenvalue weighted by Crippen LogP contribution is 2.17. The molecule has 0 fully saturated rings. The molecule has 138 valence electrons. The fraction of sp³-hybridized carbons (Fsp3) is 0.0952. The van der Waals surface area contributed by atoms with Crippen molar-refractivity contribution in [2.45, 2.75) is 13.2 Å². The highest BCUT2D eigenvalue weighted by atomic mass is 19.1. The Bertz CT molecular complexity index is 900. The molecule has 3 aromatic carbocycles. The highest BCUT2D eigenvalue weighted by Gasteiger charge is 2.07. The molecule has 2 amide bonds. The van der Waals surface area contributed by atoms with Crippen LogP contribution in [0.5, 0.6) is 5.75 Å². The first-order chi connectivity index (χ1) is 13.1. The van der Waals surface area contributed by atoms with Crippen LogP contribution in [-0.4, -0.2) is 6.03 Å². The lowest BCUT2D eigenvalue weighted by Gasteiger charge is -2.10. The van der Waals surface area contributed by atoms with Gasteiger partial charge in [-0.25, -0.2) is 13.6 Å². The number of carbonyl (C=O) groups is 1. The monoisotopic (exact) mass is 368 g/mol. The minimum absolute atomic E-state index is 0.0785. The summed E-state index contributed by atoms with van der Waals surface area (Å²) in [6.45, 7) is 0.334. The number of anilines is 1. The van der Waals surface area contributed by atoms with E-state index in [2.05, 4.69) is 10.6 Å². The van der Waals surface area contributed by atoms with E-state index in [1.165, 1.54) is 0 Å². The van der Waals surface area contributed by atoms with Crippen LogP contribution in [0.3, 0.4) is 0 Å². The van der Waals surface area contributed by atoms with Crippen molar-refractivity contribution < 1.29 is 18.3 Å². The zero-order valence-corrected chi connectivity index (χ0v) is 14.4. The van der Waals surface area contributed by atoms with Crippen LogP contribution in [0.1, 0.15) is 11.1 Å². The summed E-state index contributed by atoms with van der Waals surface area (Å²) >= 11 is 0. The number of carbonyl (C=O) groups excluding carboxylic acids is 1. The lowest BCUT2D eigenvalue weighted by Crippen LogP contribution is -2.28. The van der Waals surface area contributed by atoms with Gasteiger partial charge in [0.25, 0.3) is 0 Å². The van der Waals surface area contributed by atoms with Crippen molar-refractivity contribution in [2.75, 3.05) is 5.32 Å². The molecule has 3 aromatic rings. The lowest BCUT2D eigenvalue weighted by molar-refractivity contribution is 0.251. The Morgan fingerprint density at radius 1 is 0.926 bits per heavy atom. The third kappa shape index (κ3) is 5.54. The normalized spacial score (nSPS) is 10.3. The second kappa shape index (κ2) is 8.80. The van der Waals surface area contributed by atoms with Gasteiger partial charge in [-0.1, -0.05) is 30.3 Å². The van der Waals surface area contributed by atoms with Crippen LogP contribution in [0.2, 0.25) is 0 Å². The molecule has 4 nitrogen and oxygen atoms in total. The van der Waals surface area contributed by atoms with E-state index < -0.39 is 17.7 Å². The van der Waals surface area contributed by atoms with Crippen molar-refractivity contribution in [3.05, 3.63) is 95.6 Å². The molecule has 0 bridgehead atoms. The lowest BCUT2D eigenvalue weighted by atomic mass is 10.2. The first kappa shape index (κ1) is 18.4. The van der Waals surface area contributed by atoms with E-state index in [0.717, 1.165) is 23.8 Å². The van der Waals surface area contributed by atoms with Gasteiger partial charge in [0.2, 0.25) is 0 Å². The summed E-state index contributed by atoms with van der Waals surface area (Å²) in [5.41, 5.74) is 1.69. The van der Waals surface area contributed by atoms with Crippen LogP contribution in [0.4, 0.5) is 19.3 Å². The van der Waals surface area contributed by atoms with Gasteiger partial charge in [0.15, 0.2) is 0 Å². The number of halogens is 2. The fourth-order valence-corrected chi connectivity index (χ4v) is 2.40. The quantitative estimate of drug-likeness (QED) is 0.652. The SMILES string of the molecule is O=C(NCc1cc(F)ccc1F)Nc1ccc(OCc2ccccc2)cc1. The maximum atomic E-state index is 13.5. The molecular weight excluding hydrogens is 350 g/mol. The predicted octanol–water partition coefficient (Wildman–Crippen LogP) is 4.87. The average Bonchev–Trinajstić information content (AvgIpc) is 2.69. The number of nitrogens with one attached hydrogen (secondary N) is 2. The summed E-state index contributed by atoms with van der Waals surface area (Å²) < 4.78 is 32.3. The molecule has 0 aliphatic carbocycles. The van der Waals surface area contributed by atoms with Crippen LogP contribution in [-0.2, 0) is 13.2 Å². The van der Waals surface area contributed by atoms with E-state index in [1.54, 1.807) is 24.3 Å². The number of amides is 2. The Hall–Kier alpha value is -3.41. The molecule has 2 N–H and O–H groups in total. The summed E-state index contributed by atoms with van der Waals surface area (Å²) in [6, 6.07) is 19.2. The molecule has 0 spiro atoms. The zero-order chi connectivity index (χ0) is 19.1. The molecule has 0 aliphatic rings. The largest absolute Gasteiger partial charge is 0.489 e. The van der Waals surface area contributed by atoms with Crippen molar-refractivity contribution in [2.24, 2.45) is 0 Å². The van der Waals surface area contributed by atoms with E-state index in [4.69, 9.17) is 4.74 Å². The number of hydrogen-bond acceptors (Lipinski definition) is 2. The van der Waals surface area contributed by atoms with Crippen molar-refractivity contribution in [3.63, 3.8) is 0 Å². The second-order valence-corrected chi connectivity index (χ2v) is 5.84. The van der Waals surface area contributed by atoms with Crippen LogP contribution >= 0.6 is 0 Å². The van der Waals surface area contributed by atoms with Crippen LogP contribution in [0.15, 0.2) is 72.8 Å². The minimum atomic E-state index is -0.573. The van der Waals surface area contributed by atoms with Gasteiger partial charge in [-0.05, 0) is 48.0 Å². The first-order valence-electron chi connectivity index (χ1n) is 8.36. The topological polar surface area (TPSA) is 50.4 Å². The molecule has 0 heterocycles. The number of rotatable bonds is 6. The van der Waals surface area contributed by atoms with Gasteiger partial charge >= 0.3 is 6.03 Å². The number of hydrogen-bond donors (Lipinski definition) is 2. The van der Waals surface area contributed by atoms with Gasteiger partial charge in [-0.3, -0.25) is 0 Å². The Labute approximate surface area is 155 Å². The predicted molar refractivity (Wildman–Crippen MR) is 99.4 cm³/mol. The Morgan fingerprint density at radius 3 is 2.41 bits per heavy atom. The molecule has 0 radical (unpaired) electrons. The third-order valence-electron chi connectivity index (χ3n) is 3.81. The van der Waals surface area contributed by atoms with E-state index in [-0.39, 0.29) is 12.1 Å². The van der Waals surface area contributed by atoms with Crippen molar-refractivity contribution in [1.82, 2.24) is 5.32 Å². The van der Waals surface area contributed by atoms with Crippen LogP contribution in [0, 0.1) is 11.6 Å². The molecule has 0 saturated carbocycles. The molecule has 0 aliphatic heterocycles. The van der Waals surface area contributed by atoms with E-state index in [1.807, 2.05) is 30.3 Å². The van der Waals surface area contributed by atoms with Gasteiger partial charge in [0.05, 0.1) is 0 Å². The zero-order valence-electron chi connectivity index (χ0n) is 14.4. The van der Waals surface area contributed by atoms with E-state index in [0.29, 0.717) is 18.0 Å². The Kier molecular flexibility index (Phi) is 5.99. The molecule has 0 saturated heterocycles. The molecule has 0 atom stereocenters. The van der Waals surface area contributed by atoms with Gasteiger partial charge in [0.1, 0.15) is 24.0 Å². The summed E-state index contributed by atoms with van der Waals surface area (Å²) in [4.78, 5) is 11.9. The summed E-state index contributed by atoms with van der Waals surface area (Å²) in [7, 11) is 0. The third-order valence-corrected chi connectivity index (χ3v) is 3.81. The van der Waals surface area contributed by atoms with Crippen molar-refractivity contribution in [3.8, 4) is 5.75 Å². The minimum Gasteiger partial charge on any atom is -0.489 e. The average molecular weight is 368 g/mol. The number of benzene rings is 3. The summed E-state index contributed by atoms with van der Waals surface area (Å²) in [5.74, 6) is -0.456. The summed E-state index contributed by atoms with van der Waals surface area (Å²) in [5, 5.41) is 5.11. The van der Waals surface area contributed by atoms with Crippen molar-refractivity contribution in [1.29, 1.82) is 0 Å². The van der Waals surface area contributed by atoms with Gasteiger partial charge < -0.3 is 15.4 Å². The molecule has 27 heavy (non-hydrogen) atoms. The fourth-order valence-electron chi connectivity index (χ4n) is 2.40. The smallest absolute Gasteiger partial charge is 0.319 e. The van der Waals surface area contributed by atoms with Crippen molar-refractivity contribution >= 4 is 11.7 Å².